The topological polar surface area (TPSA) is 98.6 Å². The van der Waals surface area contributed by atoms with Crippen molar-refractivity contribution in [3.8, 4) is 17.2 Å². The monoisotopic (exact) mass is 451 g/mol. The van der Waals surface area contributed by atoms with Gasteiger partial charge in [0.25, 0.3) is 11.8 Å². The molecule has 2 aromatic heterocycles. The summed E-state index contributed by atoms with van der Waals surface area (Å²) in [6.07, 6.45) is 4.11. The summed E-state index contributed by atoms with van der Waals surface area (Å²) in [6, 6.07) is 9.28. The van der Waals surface area contributed by atoms with E-state index in [4.69, 9.17) is 9.47 Å². The van der Waals surface area contributed by atoms with Gasteiger partial charge in [-0.3, -0.25) is 14.3 Å². The summed E-state index contributed by atoms with van der Waals surface area (Å²) in [5.74, 6) is 0.472. The molecule has 1 aliphatic rings. The van der Waals surface area contributed by atoms with E-state index in [2.05, 4.69) is 22.0 Å². The normalized spacial score (nSPS) is 12.6. The second-order valence-electron chi connectivity index (χ2n) is 7.42. The highest BCUT2D eigenvalue weighted by Crippen LogP contribution is 2.29. The molecule has 9 nitrogen and oxygen atoms in total. The van der Waals surface area contributed by atoms with Gasteiger partial charge in [0.1, 0.15) is 35.4 Å². The number of nitrogens with zero attached hydrogens (tertiary/aromatic N) is 4. The van der Waals surface area contributed by atoms with Gasteiger partial charge < -0.3 is 19.7 Å². The van der Waals surface area contributed by atoms with E-state index >= 15 is 0 Å². The molecule has 0 unspecified atom stereocenters. The number of carbonyl (C=O) groups excluding carboxylic acids is 2. The number of rotatable bonds is 8. The van der Waals surface area contributed by atoms with Crippen LogP contribution < -0.4 is 14.8 Å². The van der Waals surface area contributed by atoms with Crippen LogP contribution in [0.25, 0.3) is 0 Å². The van der Waals surface area contributed by atoms with Crippen LogP contribution in [0.2, 0.25) is 0 Å². The molecule has 0 radical (unpaired) electrons. The lowest BCUT2D eigenvalue weighted by molar-refractivity contribution is 0.0645. The lowest BCUT2D eigenvalue weighted by atomic mass is 10.2. The van der Waals surface area contributed by atoms with Gasteiger partial charge in [-0.25, -0.2) is 9.37 Å². The van der Waals surface area contributed by atoms with Gasteiger partial charge in [-0.05, 0) is 30.7 Å². The molecule has 1 aliphatic heterocycles. The fraction of sp³-hybridized carbons (Fsp3) is 0.217. The third-order valence-electron chi connectivity index (χ3n) is 4.84. The Balaban J connectivity index is 1.54. The average Bonchev–Trinajstić information content (AvgIpc) is 3.17. The zero-order valence-corrected chi connectivity index (χ0v) is 18.0. The predicted octanol–water partition coefficient (Wildman–Crippen LogP) is 3.57. The molecule has 0 bridgehead atoms. The van der Waals surface area contributed by atoms with Crippen LogP contribution in [0.15, 0.2) is 61.1 Å². The summed E-state index contributed by atoms with van der Waals surface area (Å²) in [4.78, 5) is 30.9. The van der Waals surface area contributed by atoms with Crippen molar-refractivity contribution < 1.29 is 23.5 Å². The Labute approximate surface area is 189 Å². The van der Waals surface area contributed by atoms with Crippen LogP contribution >= 0.6 is 0 Å². The molecule has 10 heteroatoms. The van der Waals surface area contributed by atoms with Crippen LogP contribution in [0.1, 0.15) is 27.3 Å². The molecule has 0 aliphatic carbocycles. The molecule has 0 spiro atoms. The van der Waals surface area contributed by atoms with E-state index in [1.165, 1.54) is 24.4 Å². The number of alkyl halides is 1. The number of hydrogen-bond acceptors (Lipinski definition) is 6. The van der Waals surface area contributed by atoms with Gasteiger partial charge in [-0.15, -0.1) is 0 Å². The second kappa shape index (κ2) is 9.51. The maximum absolute atomic E-state index is 12.9. The summed E-state index contributed by atoms with van der Waals surface area (Å²) in [7, 11) is 1.73. The third kappa shape index (κ3) is 5.35. The molecule has 2 amide bonds. The molecule has 3 heterocycles. The molecule has 1 N–H and O–H groups in total. The quantitative estimate of drug-likeness (QED) is 0.526. The van der Waals surface area contributed by atoms with Gasteiger partial charge in [0.15, 0.2) is 5.82 Å². The first-order chi connectivity index (χ1) is 15.9. The summed E-state index contributed by atoms with van der Waals surface area (Å²) < 4.78 is 25.6. The lowest BCUT2D eigenvalue weighted by Crippen LogP contribution is -2.42. The minimum Gasteiger partial charge on any atom is -0.459 e. The van der Waals surface area contributed by atoms with Gasteiger partial charge >= 0.3 is 0 Å². The van der Waals surface area contributed by atoms with Crippen LogP contribution in [0.5, 0.6) is 17.2 Å². The van der Waals surface area contributed by atoms with E-state index in [9.17, 15) is 14.0 Å². The standard InChI is InChI=1S/C23H22FN5O4/c1-15(13-24)32-18-10-16(22(30)26-21-6-9-28(2)27-21)11-19(12-18)33-17-4-5-20(25-14-17)23(31)29-7-3-8-29/h4-6,9-12,14H,1,3,7-8,13H2,2H3,(H,26,27,30). The van der Waals surface area contributed by atoms with E-state index < -0.39 is 12.6 Å². The maximum Gasteiger partial charge on any atom is 0.272 e. The van der Waals surface area contributed by atoms with E-state index in [0.29, 0.717) is 17.3 Å². The predicted molar refractivity (Wildman–Crippen MR) is 118 cm³/mol. The number of carbonyl (C=O) groups is 2. The van der Waals surface area contributed by atoms with Gasteiger partial charge in [-0.2, -0.15) is 5.10 Å². The van der Waals surface area contributed by atoms with Crippen molar-refractivity contribution in [1.82, 2.24) is 19.7 Å². The molecule has 170 valence electrons. The number of ether oxygens (including phenoxy) is 2. The fourth-order valence-electron chi connectivity index (χ4n) is 3.07. The summed E-state index contributed by atoms with van der Waals surface area (Å²) in [6.45, 7) is 4.07. The number of halogens is 1. The van der Waals surface area contributed by atoms with Crippen molar-refractivity contribution in [1.29, 1.82) is 0 Å². The Kier molecular flexibility index (Phi) is 6.34. The van der Waals surface area contributed by atoms with Crippen molar-refractivity contribution in [3.05, 3.63) is 72.4 Å². The number of nitrogens with one attached hydrogen (secondary N) is 1. The van der Waals surface area contributed by atoms with Gasteiger partial charge in [0.2, 0.25) is 0 Å². The van der Waals surface area contributed by atoms with Crippen LogP contribution in [0, 0.1) is 0 Å². The fourth-order valence-corrected chi connectivity index (χ4v) is 3.07. The van der Waals surface area contributed by atoms with Gasteiger partial charge in [0, 0.05) is 44.0 Å². The molecule has 1 aromatic carbocycles. The lowest BCUT2D eigenvalue weighted by Gasteiger charge is -2.30. The number of benzene rings is 1. The SMILES string of the molecule is C=C(CF)Oc1cc(Oc2ccc(C(=O)N3CCC3)nc2)cc(C(=O)Nc2ccn(C)n2)c1. The van der Waals surface area contributed by atoms with Crippen molar-refractivity contribution in [2.24, 2.45) is 7.05 Å². The highest BCUT2D eigenvalue weighted by atomic mass is 19.1. The number of likely N-dealkylation sites (tertiary alicyclic amines) is 1. The van der Waals surface area contributed by atoms with E-state index in [1.807, 2.05) is 0 Å². The number of pyridine rings is 1. The largest absolute Gasteiger partial charge is 0.459 e. The van der Waals surface area contributed by atoms with Crippen LogP contribution in [-0.4, -0.2) is 51.2 Å². The molecule has 4 rings (SSSR count). The second-order valence-corrected chi connectivity index (χ2v) is 7.42. The molecule has 1 fully saturated rings. The van der Waals surface area contributed by atoms with Crippen LogP contribution in [0.4, 0.5) is 10.2 Å². The Bertz CT molecular complexity index is 1190. The molecular weight excluding hydrogens is 429 g/mol. The number of aryl methyl sites for hydroxylation is 1. The Morgan fingerprint density at radius 2 is 1.94 bits per heavy atom. The first-order valence-electron chi connectivity index (χ1n) is 10.2. The Morgan fingerprint density at radius 3 is 2.55 bits per heavy atom. The van der Waals surface area contributed by atoms with Crippen molar-refractivity contribution in [3.63, 3.8) is 0 Å². The Morgan fingerprint density at radius 1 is 1.15 bits per heavy atom. The van der Waals surface area contributed by atoms with Crippen molar-refractivity contribution >= 4 is 17.6 Å². The first kappa shape index (κ1) is 22.0. The van der Waals surface area contributed by atoms with Crippen LogP contribution in [0.3, 0.4) is 0 Å². The van der Waals surface area contributed by atoms with Crippen molar-refractivity contribution in [2.45, 2.75) is 6.42 Å². The molecule has 1 saturated heterocycles. The number of hydrogen-bond donors (Lipinski definition) is 1. The Hall–Kier alpha value is -4.21. The van der Waals surface area contributed by atoms with E-state index in [0.717, 1.165) is 19.5 Å². The molecule has 0 atom stereocenters. The van der Waals surface area contributed by atoms with E-state index in [1.54, 1.807) is 41.0 Å². The highest BCUT2D eigenvalue weighted by Gasteiger charge is 2.22. The molecular formula is C23H22FN5O4. The number of amides is 2. The van der Waals surface area contributed by atoms with E-state index in [-0.39, 0.29) is 28.7 Å². The third-order valence-corrected chi connectivity index (χ3v) is 4.84. The number of anilines is 1. The highest BCUT2D eigenvalue weighted by molar-refractivity contribution is 6.04. The number of allylic oxidation sites excluding steroid dienone is 1. The molecule has 0 saturated carbocycles. The summed E-state index contributed by atoms with van der Waals surface area (Å²) in [5, 5.41) is 6.79. The van der Waals surface area contributed by atoms with Crippen LogP contribution in [-0.2, 0) is 7.05 Å². The maximum atomic E-state index is 12.9. The van der Waals surface area contributed by atoms with Crippen molar-refractivity contribution in [2.75, 3.05) is 25.1 Å². The average molecular weight is 451 g/mol. The zero-order chi connectivity index (χ0) is 23.4. The number of aromatic nitrogens is 3. The van der Waals surface area contributed by atoms with Gasteiger partial charge in [0.05, 0.1) is 6.20 Å². The smallest absolute Gasteiger partial charge is 0.272 e. The summed E-state index contributed by atoms with van der Waals surface area (Å²) >= 11 is 0. The summed E-state index contributed by atoms with van der Waals surface area (Å²) in [5.41, 5.74) is 0.533. The zero-order valence-electron chi connectivity index (χ0n) is 18.0. The molecule has 3 aromatic rings. The minimum atomic E-state index is -0.878. The molecule has 33 heavy (non-hydrogen) atoms. The first-order valence-corrected chi connectivity index (χ1v) is 10.2. The van der Waals surface area contributed by atoms with Gasteiger partial charge in [-0.1, -0.05) is 6.58 Å². The minimum absolute atomic E-state index is 0.112.